The van der Waals surface area contributed by atoms with Crippen molar-refractivity contribution in [2.45, 2.75) is 31.2 Å². The number of aliphatic hydroxyl groups is 1. The Morgan fingerprint density at radius 3 is 2.65 bits per heavy atom. The molecule has 2 rings (SSSR count). The van der Waals surface area contributed by atoms with Crippen LogP contribution in [0.25, 0.3) is 0 Å². The first-order chi connectivity index (χ1) is 9.36. The van der Waals surface area contributed by atoms with Crippen molar-refractivity contribution in [3.63, 3.8) is 0 Å². The minimum Gasteiger partial charge on any atom is -0.491 e. The molecule has 0 saturated heterocycles. The molecule has 1 aromatic rings. The van der Waals surface area contributed by atoms with Crippen LogP contribution in [0.5, 0.6) is 5.75 Å². The van der Waals surface area contributed by atoms with Crippen molar-refractivity contribution in [1.82, 2.24) is 5.32 Å². The number of nitrogens with one attached hydrogen (secondary N) is 1. The maximum absolute atomic E-state index is 13.0. The Hall–Kier alpha value is -1.34. The summed E-state index contributed by atoms with van der Waals surface area (Å²) in [5.74, 6) is -1.47. The Bertz CT molecular complexity index is 460. The van der Waals surface area contributed by atoms with Crippen molar-refractivity contribution in [3.05, 3.63) is 29.6 Å². The SMILES string of the molecule is OC(CNC1CC1)COc1ccc(F)c(C(F)(F)F)c1. The van der Waals surface area contributed by atoms with Crippen LogP contribution in [0.4, 0.5) is 17.6 Å². The van der Waals surface area contributed by atoms with Crippen LogP contribution in [0.1, 0.15) is 18.4 Å². The molecule has 0 bridgehead atoms. The Labute approximate surface area is 113 Å². The molecule has 0 radical (unpaired) electrons. The summed E-state index contributed by atoms with van der Waals surface area (Å²) in [6, 6.07) is 2.82. The van der Waals surface area contributed by atoms with E-state index in [9.17, 15) is 22.7 Å². The van der Waals surface area contributed by atoms with Gasteiger partial charge in [-0.15, -0.1) is 0 Å². The summed E-state index contributed by atoms with van der Waals surface area (Å²) in [5.41, 5.74) is -1.37. The molecular weight excluding hydrogens is 278 g/mol. The van der Waals surface area contributed by atoms with E-state index in [1.54, 1.807) is 0 Å². The van der Waals surface area contributed by atoms with Crippen molar-refractivity contribution in [2.24, 2.45) is 0 Å². The molecule has 0 amide bonds. The fourth-order valence-electron chi connectivity index (χ4n) is 1.65. The molecule has 1 aromatic carbocycles. The number of ether oxygens (including phenoxy) is 1. The van der Waals surface area contributed by atoms with Gasteiger partial charge in [-0.05, 0) is 31.0 Å². The lowest BCUT2D eigenvalue weighted by Gasteiger charge is -2.14. The number of alkyl halides is 3. The first-order valence-electron chi connectivity index (χ1n) is 6.27. The first kappa shape index (κ1) is 15.1. The molecule has 1 aliphatic rings. The van der Waals surface area contributed by atoms with Gasteiger partial charge in [0.05, 0.1) is 5.56 Å². The second kappa shape index (κ2) is 5.97. The maximum Gasteiger partial charge on any atom is 0.419 e. The van der Waals surface area contributed by atoms with Gasteiger partial charge in [0.1, 0.15) is 24.3 Å². The predicted octanol–water partition coefficient (Wildman–Crippen LogP) is 2.34. The molecule has 1 saturated carbocycles. The number of rotatable bonds is 6. The minimum absolute atomic E-state index is 0.121. The summed E-state index contributed by atoms with van der Waals surface area (Å²) >= 11 is 0. The summed E-state index contributed by atoms with van der Waals surface area (Å²) in [5, 5.41) is 12.7. The summed E-state index contributed by atoms with van der Waals surface area (Å²) in [6.45, 7) is 0.167. The molecule has 1 aliphatic carbocycles. The second-order valence-corrected chi connectivity index (χ2v) is 4.79. The number of hydrogen-bond acceptors (Lipinski definition) is 3. The quantitative estimate of drug-likeness (QED) is 0.791. The van der Waals surface area contributed by atoms with E-state index >= 15 is 0 Å². The van der Waals surface area contributed by atoms with Crippen LogP contribution in [0.15, 0.2) is 18.2 Å². The average Bonchev–Trinajstić information content (AvgIpc) is 3.18. The van der Waals surface area contributed by atoms with Crippen LogP contribution in [0, 0.1) is 5.82 Å². The highest BCUT2D eigenvalue weighted by Crippen LogP contribution is 2.33. The molecule has 0 aliphatic heterocycles. The van der Waals surface area contributed by atoms with Gasteiger partial charge in [-0.3, -0.25) is 0 Å². The monoisotopic (exact) mass is 293 g/mol. The van der Waals surface area contributed by atoms with Crippen molar-refractivity contribution >= 4 is 0 Å². The van der Waals surface area contributed by atoms with Gasteiger partial charge in [0.2, 0.25) is 0 Å². The average molecular weight is 293 g/mol. The zero-order valence-electron chi connectivity index (χ0n) is 10.6. The smallest absolute Gasteiger partial charge is 0.419 e. The fourth-order valence-corrected chi connectivity index (χ4v) is 1.65. The van der Waals surface area contributed by atoms with E-state index in [-0.39, 0.29) is 12.4 Å². The highest BCUT2D eigenvalue weighted by Gasteiger charge is 2.34. The van der Waals surface area contributed by atoms with Gasteiger partial charge in [0.15, 0.2) is 0 Å². The summed E-state index contributed by atoms with van der Waals surface area (Å²) in [7, 11) is 0. The number of aliphatic hydroxyl groups excluding tert-OH is 1. The number of hydrogen-bond donors (Lipinski definition) is 2. The van der Waals surface area contributed by atoms with Crippen LogP contribution >= 0.6 is 0 Å². The van der Waals surface area contributed by atoms with Crippen molar-refractivity contribution in [1.29, 1.82) is 0 Å². The van der Waals surface area contributed by atoms with E-state index in [2.05, 4.69) is 5.32 Å². The summed E-state index contributed by atoms with van der Waals surface area (Å²) in [4.78, 5) is 0. The molecule has 0 aromatic heterocycles. The maximum atomic E-state index is 13.0. The van der Waals surface area contributed by atoms with E-state index < -0.39 is 23.7 Å². The molecule has 7 heteroatoms. The van der Waals surface area contributed by atoms with Crippen LogP contribution in [0.3, 0.4) is 0 Å². The van der Waals surface area contributed by atoms with Gasteiger partial charge in [0.25, 0.3) is 0 Å². The molecular formula is C13H15F4NO2. The lowest BCUT2D eigenvalue weighted by molar-refractivity contribution is -0.140. The third-order valence-corrected chi connectivity index (χ3v) is 2.91. The van der Waals surface area contributed by atoms with Gasteiger partial charge < -0.3 is 15.2 Å². The largest absolute Gasteiger partial charge is 0.491 e. The minimum atomic E-state index is -4.77. The highest BCUT2D eigenvalue weighted by molar-refractivity contribution is 5.31. The van der Waals surface area contributed by atoms with Crippen molar-refractivity contribution in [3.8, 4) is 5.75 Å². The Morgan fingerprint density at radius 2 is 2.05 bits per heavy atom. The van der Waals surface area contributed by atoms with Gasteiger partial charge in [0, 0.05) is 12.6 Å². The molecule has 3 nitrogen and oxygen atoms in total. The summed E-state index contributed by atoms with van der Waals surface area (Å²) < 4.78 is 55.6. The second-order valence-electron chi connectivity index (χ2n) is 4.79. The first-order valence-corrected chi connectivity index (χ1v) is 6.27. The number of benzene rings is 1. The third kappa shape index (κ3) is 4.35. The molecule has 0 spiro atoms. The Kier molecular flexibility index (Phi) is 4.49. The molecule has 0 heterocycles. The Balaban J connectivity index is 1.88. The van der Waals surface area contributed by atoms with E-state index in [4.69, 9.17) is 4.74 Å². The van der Waals surface area contributed by atoms with Crippen LogP contribution in [0.2, 0.25) is 0 Å². The topological polar surface area (TPSA) is 41.5 Å². The van der Waals surface area contributed by atoms with Gasteiger partial charge in [-0.25, -0.2) is 4.39 Å². The van der Waals surface area contributed by atoms with E-state index in [0.29, 0.717) is 24.7 Å². The van der Waals surface area contributed by atoms with Crippen LogP contribution < -0.4 is 10.1 Å². The van der Waals surface area contributed by atoms with E-state index in [1.165, 1.54) is 0 Å². The molecule has 2 N–H and O–H groups in total. The molecule has 112 valence electrons. The molecule has 20 heavy (non-hydrogen) atoms. The fraction of sp³-hybridized carbons (Fsp3) is 0.538. The Morgan fingerprint density at radius 1 is 1.35 bits per heavy atom. The van der Waals surface area contributed by atoms with E-state index in [1.807, 2.05) is 0 Å². The zero-order chi connectivity index (χ0) is 14.8. The zero-order valence-corrected chi connectivity index (χ0v) is 10.6. The summed E-state index contributed by atoms with van der Waals surface area (Å²) in [6.07, 6.45) is -3.45. The van der Waals surface area contributed by atoms with Crippen LogP contribution in [-0.4, -0.2) is 30.4 Å². The molecule has 1 fully saturated rings. The van der Waals surface area contributed by atoms with Crippen LogP contribution in [-0.2, 0) is 6.18 Å². The lowest BCUT2D eigenvalue weighted by Crippen LogP contribution is -2.32. The standard InChI is InChI=1S/C13H15F4NO2/c14-12-4-3-10(5-11(12)13(15,16)17)20-7-9(19)6-18-8-1-2-8/h3-5,8-9,18-19H,1-2,6-7H2. The van der Waals surface area contributed by atoms with E-state index in [0.717, 1.165) is 18.9 Å². The van der Waals surface area contributed by atoms with Gasteiger partial charge >= 0.3 is 6.18 Å². The third-order valence-electron chi connectivity index (χ3n) is 2.91. The molecule has 1 unspecified atom stereocenters. The van der Waals surface area contributed by atoms with Crippen molar-refractivity contribution < 1.29 is 27.4 Å². The predicted molar refractivity (Wildman–Crippen MR) is 63.9 cm³/mol. The molecule has 1 atom stereocenters. The van der Waals surface area contributed by atoms with Gasteiger partial charge in [-0.1, -0.05) is 0 Å². The lowest BCUT2D eigenvalue weighted by atomic mass is 10.2. The van der Waals surface area contributed by atoms with Crippen molar-refractivity contribution in [2.75, 3.05) is 13.2 Å². The normalized spacial score (nSPS) is 17.1. The highest BCUT2D eigenvalue weighted by atomic mass is 19.4. The number of halogens is 4. The van der Waals surface area contributed by atoms with Gasteiger partial charge in [-0.2, -0.15) is 13.2 Å².